The molecule has 0 saturated heterocycles. The molecule has 1 amide bonds. The number of carbonyl (C=O) groups is 1. The van der Waals surface area contributed by atoms with E-state index in [1.807, 2.05) is 48.7 Å². The summed E-state index contributed by atoms with van der Waals surface area (Å²) >= 11 is 1.37. The van der Waals surface area contributed by atoms with Gasteiger partial charge in [0.25, 0.3) is 0 Å². The lowest BCUT2D eigenvalue weighted by atomic mass is 10.2. The summed E-state index contributed by atoms with van der Waals surface area (Å²) in [4.78, 5) is 12.3. The van der Waals surface area contributed by atoms with E-state index in [1.165, 1.54) is 23.9 Å². The van der Waals surface area contributed by atoms with Crippen LogP contribution in [-0.2, 0) is 11.3 Å². The highest BCUT2D eigenvalue weighted by Crippen LogP contribution is 2.28. The fraction of sp³-hybridized carbons (Fsp3) is 0.286. The minimum Gasteiger partial charge on any atom is -0.355 e. The number of carbonyl (C=O) groups excluding carboxylic acids is 1. The van der Waals surface area contributed by atoms with Crippen LogP contribution < -0.4 is 5.32 Å². The van der Waals surface area contributed by atoms with Crippen LogP contribution in [0.25, 0.3) is 11.4 Å². The number of nitrogens with one attached hydrogen (secondary N) is 1. The molecule has 5 nitrogen and oxygen atoms in total. The van der Waals surface area contributed by atoms with E-state index >= 15 is 0 Å². The molecule has 2 aromatic carbocycles. The van der Waals surface area contributed by atoms with Gasteiger partial charge in [-0.3, -0.25) is 9.36 Å². The highest BCUT2D eigenvalue weighted by atomic mass is 32.2. The monoisotopic (exact) mass is 398 g/mol. The summed E-state index contributed by atoms with van der Waals surface area (Å²) < 4.78 is 15.3. The number of benzene rings is 2. The fourth-order valence-electron chi connectivity index (χ4n) is 2.70. The molecule has 0 aliphatic carbocycles. The molecule has 3 aromatic rings. The maximum Gasteiger partial charge on any atom is 0.233 e. The van der Waals surface area contributed by atoms with Crippen molar-refractivity contribution in [2.75, 3.05) is 6.54 Å². The zero-order chi connectivity index (χ0) is 19.9. The molecule has 0 saturated carbocycles. The summed E-state index contributed by atoms with van der Waals surface area (Å²) in [5.74, 6) is 0.325. The van der Waals surface area contributed by atoms with Crippen LogP contribution in [0.4, 0.5) is 4.39 Å². The molecule has 0 radical (unpaired) electrons. The molecule has 3 rings (SSSR count). The van der Waals surface area contributed by atoms with E-state index in [-0.39, 0.29) is 17.0 Å². The molecule has 0 aliphatic heterocycles. The van der Waals surface area contributed by atoms with E-state index in [0.717, 1.165) is 17.5 Å². The van der Waals surface area contributed by atoms with Crippen molar-refractivity contribution in [2.24, 2.45) is 0 Å². The highest BCUT2D eigenvalue weighted by Gasteiger charge is 2.21. The number of amides is 1. The van der Waals surface area contributed by atoms with E-state index in [9.17, 15) is 9.18 Å². The molecular formula is C21H23FN4OS. The van der Waals surface area contributed by atoms with Gasteiger partial charge in [0.2, 0.25) is 5.91 Å². The Balaban J connectivity index is 1.91. The van der Waals surface area contributed by atoms with Gasteiger partial charge in [0.1, 0.15) is 5.82 Å². The lowest BCUT2D eigenvalue weighted by Crippen LogP contribution is -2.31. The van der Waals surface area contributed by atoms with Crippen molar-refractivity contribution in [2.45, 2.75) is 37.2 Å². The summed E-state index contributed by atoms with van der Waals surface area (Å²) in [6.07, 6.45) is 0.891. The first-order valence-electron chi connectivity index (χ1n) is 9.26. The molecule has 0 aliphatic rings. The standard InChI is InChI=1S/C21H23FN4OS/c1-3-13-23-20(27)15(2)28-21-25-24-19(17-9-11-18(22)12-10-17)26(21)14-16-7-5-4-6-8-16/h4-12,15H,3,13-14H2,1-2H3,(H,23,27). The summed E-state index contributed by atoms with van der Waals surface area (Å²) in [5, 5.41) is 11.9. The Hall–Kier alpha value is -2.67. The molecule has 1 atom stereocenters. The first kappa shape index (κ1) is 20.1. The fourth-order valence-corrected chi connectivity index (χ4v) is 3.57. The third-order valence-electron chi connectivity index (χ3n) is 4.20. The van der Waals surface area contributed by atoms with Crippen molar-refractivity contribution < 1.29 is 9.18 Å². The number of aromatic nitrogens is 3. The molecule has 1 aromatic heterocycles. The number of hydrogen-bond acceptors (Lipinski definition) is 4. The van der Waals surface area contributed by atoms with Crippen molar-refractivity contribution in [3.63, 3.8) is 0 Å². The predicted octanol–water partition coefficient (Wildman–Crippen LogP) is 4.14. The number of rotatable bonds is 8. The van der Waals surface area contributed by atoms with Gasteiger partial charge in [0.05, 0.1) is 11.8 Å². The van der Waals surface area contributed by atoms with Crippen LogP contribution in [0.5, 0.6) is 0 Å². The second-order valence-corrected chi connectivity index (χ2v) is 7.74. The van der Waals surface area contributed by atoms with Gasteiger partial charge in [-0.2, -0.15) is 0 Å². The van der Waals surface area contributed by atoms with Crippen LogP contribution in [0.3, 0.4) is 0 Å². The molecule has 1 N–H and O–H groups in total. The van der Waals surface area contributed by atoms with Gasteiger partial charge in [-0.25, -0.2) is 4.39 Å². The lowest BCUT2D eigenvalue weighted by molar-refractivity contribution is -0.120. The minimum absolute atomic E-state index is 0.0237. The summed E-state index contributed by atoms with van der Waals surface area (Å²) in [6.45, 7) is 5.09. The van der Waals surface area contributed by atoms with Crippen LogP contribution in [-0.4, -0.2) is 32.5 Å². The summed E-state index contributed by atoms with van der Waals surface area (Å²) in [5.41, 5.74) is 1.87. The zero-order valence-corrected chi connectivity index (χ0v) is 16.7. The maximum absolute atomic E-state index is 13.3. The van der Waals surface area contributed by atoms with Crippen molar-refractivity contribution in [1.82, 2.24) is 20.1 Å². The molecule has 7 heteroatoms. The number of nitrogens with zero attached hydrogens (tertiary/aromatic N) is 3. The molecule has 0 spiro atoms. The Morgan fingerprint density at radius 2 is 1.86 bits per heavy atom. The quantitative estimate of drug-likeness (QED) is 0.580. The van der Waals surface area contributed by atoms with Crippen molar-refractivity contribution in [3.05, 3.63) is 66.0 Å². The van der Waals surface area contributed by atoms with Crippen molar-refractivity contribution in [1.29, 1.82) is 0 Å². The zero-order valence-electron chi connectivity index (χ0n) is 15.9. The summed E-state index contributed by atoms with van der Waals surface area (Å²) in [6, 6.07) is 16.2. The Morgan fingerprint density at radius 3 is 2.54 bits per heavy atom. The van der Waals surface area contributed by atoms with Crippen LogP contribution >= 0.6 is 11.8 Å². The van der Waals surface area contributed by atoms with Crippen LogP contribution in [0, 0.1) is 5.82 Å². The van der Waals surface area contributed by atoms with Gasteiger partial charge in [0, 0.05) is 12.1 Å². The van der Waals surface area contributed by atoms with Gasteiger partial charge in [-0.15, -0.1) is 10.2 Å². The predicted molar refractivity (Wildman–Crippen MR) is 110 cm³/mol. The largest absolute Gasteiger partial charge is 0.355 e. The van der Waals surface area contributed by atoms with Crippen LogP contribution in [0.2, 0.25) is 0 Å². The third-order valence-corrected chi connectivity index (χ3v) is 5.28. The summed E-state index contributed by atoms with van der Waals surface area (Å²) in [7, 11) is 0. The second kappa shape index (κ2) is 9.50. The molecule has 1 unspecified atom stereocenters. The average Bonchev–Trinajstić information content (AvgIpc) is 3.09. The molecular weight excluding hydrogens is 375 g/mol. The molecule has 1 heterocycles. The maximum atomic E-state index is 13.3. The normalized spacial score (nSPS) is 12.0. The topological polar surface area (TPSA) is 59.8 Å². The second-order valence-electron chi connectivity index (χ2n) is 6.44. The van der Waals surface area contributed by atoms with Gasteiger partial charge in [0.15, 0.2) is 11.0 Å². The Morgan fingerprint density at radius 1 is 1.14 bits per heavy atom. The molecule has 0 fully saturated rings. The average molecular weight is 399 g/mol. The third kappa shape index (κ3) is 4.98. The van der Waals surface area contributed by atoms with Crippen molar-refractivity contribution in [3.8, 4) is 11.4 Å². The molecule has 0 bridgehead atoms. The Bertz CT molecular complexity index is 912. The molecule has 146 valence electrons. The lowest BCUT2D eigenvalue weighted by Gasteiger charge is -2.14. The van der Waals surface area contributed by atoms with Gasteiger partial charge in [-0.1, -0.05) is 49.0 Å². The van der Waals surface area contributed by atoms with Crippen LogP contribution in [0.15, 0.2) is 59.8 Å². The highest BCUT2D eigenvalue weighted by molar-refractivity contribution is 8.00. The first-order chi connectivity index (χ1) is 13.6. The molecule has 28 heavy (non-hydrogen) atoms. The minimum atomic E-state index is -0.300. The Kier molecular flexibility index (Phi) is 6.81. The van der Waals surface area contributed by atoms with E-state index in [4.69, 9.17) is 0 Å². The van der Waals surface area contributed by atoms with Crippen molar-refractivity contribution >= 4 is 17.7 Å². The Labute approximate surface area is 168 Å². The smallest absolute Gasteiger partial charge is 0.233 e. The number of halogens is 1. The SMILES string of the molecule is CCCNC(=O)C(C)Sc1nnc(-c2ccc(F)cc2)n1Cc1ccccc1. The number of hydrogen-bond donors (Lipinski definition) is 1. The van der Waals surface area contributed by atoms with E-state index < -0.39 is 0 Å². The van der Waals surface area contributed by atoms with Gasteiger partial charge >= 0.3 is 0 Å². The van der Waals surface area contributed by atoms with E-state index in [1.54, 1.807) is 12.1 Å². The first-order valence-corrected chi connectivity index (χ1v) is 10.1. The van der Waals surface area contributed by atoms with Crippen LogP contribution in [0.1, 0.15) is 25.8 Å². The number of thioether (sulfide) groups is 1. The van der Waals surface area contributed by atoms with Gasteiger partial charge in [-0.05, 0) is 43.2 Å². The van der Waals surface area contributed by atoms with E-state index in [2.05, 4.69) is 15.5 Å². The van der Waals surface area contributed by atoms with E-state index in [0.29, 0.717) is 24.1 Å². The van der Waals surface area contributed by atoms with Gasteiger partial charge < -0.3 is 5.32 Å².